The summed E-state index contributed by atoms with van der Waals surface area (Å²) in [4.78, 5) is 2.43. The predicted octanol–water partition coefficient (Wildman–Crippen LogP) is 2.07. The first-order valence-corrected chi connectivity index (χ1v) is 6.37. The van der Waals surface area contributed by atoms with E-state index in [1.807, 2.05) is 0 Å². The number of para-hydroxylation sites is 1. The Morgan fingerprint density at radius 3 is 3.06 bits per heavy atom. The van der Waals surface area contributed by atoms with Crippen molar-refractivity contribution < 1.29 is 4.74 Å². The molecule has 17 heavy (non-hydrogen) atoms. The zero-order chi connectivity index (χ0) is 12.3. The Kier molecular flexibility index (Phi) is 4.02. The van der Waals surface area contributed by atoms with Gasteiger partial charge < -0.3 is 15.4 Å². The van der Waals surface area contributed by atoms with Gasteiger partial charge in [0, 0.05) is 31.9 Å². The molecule has 0 radical (unpaired) electrons. The lowest BCUT2D eigenvalue weighted by atomic mass is 10.1. The Morgan fingerprint density at radius 2 is 2.29 bits per heavy atom. The number of aryl methyl sites for hydroxylation is 1. The maximum absolute atomic E-state index is 5.84. The van der Waals surface area contributed by atoms with Gasteiger partial charge in [0.05, 0.1) is 6.10 Å². The highest BCUT2D eigenvalue weighted by Gasteiger charge is 2.18. The van der Waals surface area contributed by atoms with Gasteiger partial charge >= 0.3 is 0 Å². The van der Waals surface area contributed by atoms with Crippen LogP contribution in [0.4, 0.5) is 5.69 Å². The molecule has 3 nitrogen and oxygen atoms in total. The van der Waals surface area contributed by atoms with E-state index in [-0.39, 0.29) is 0 Å². The Morgan fingerprint density at radius 1 is 1.47 bits per heavy atom. The van der Waals surface area contributed by atoms with Crippen molar-refractivity contribution in [3.05, 3.63) is 29.3 Å². The van der Waals surface area contributed by atoms with Gasteiger partial charge in [0.15, 0.2) is 0 Å². The minimum Gasteiger partial charge on any atom is -0.377 e. The Balaban J connectivity index is 2.31. The molecule has 0 aromatic heterocycles. The quantitative estimate of drug-likeness (QED) is 0.851. The molecule has 1 heterocycles. The molecule has 1 aliphatic heterocycles. The van der Waals surface area contributed by atoms with E-state index in [1.165, 1.54) is 16.8 Å². The third kappa shape index (κ3) is 2.79. The van der Waals surface area contributed by atoms with Gasteiger partial charge in [-0.05, 0) is 31.4 Å². The van der Waals surface area contributed by atoms with Crippen LogP contribution in [0.15, 0.2) is 18.2 Å². The largest absolute Gasteiger partial charge is 0.377 e. The Hall–Kier alpha value is -1.06. The number of hydrogen-bond donors (Lipinski definition) is 1. The number of benzene rings is 1. The van der Waals surface area contributed by atoms with Crippen molar-refractivity contribution in [2.75, 3.05) is 24.6 Å². The minimum atomic E-state index is 0.294. The molecule has 1 aromatic rings. The molecule has 1 unspecified atom stereocenters. The third-order valence-electron chi connectivity index (χ3n) is 3.31. The van der Waals surface area contributed by atoms with Gasteiger partial charge in [-0.3, -0.25) is 0 Å². The van der Waals surface area contributed by atoms with Crippen LogP contribution < -0.4 is 10.6 Å². The molecule has 0 bridgehead atoms. The molecular formula is C14H22N2O. The van der Waals surface area contributed by atoms with E-state index in [1.54, 1.807) is 0 Å². The van der Waals surface area contributed by atoms with Crippen LogP contribution in [0.5, 0.6) is 0 Å². The second-order valence-corrected chi connectivity index (χ2v) is 4.77. The minimum absolute atomic E-state index is 0.294. The molecule has 1 atom stereocenters. The van der Waals surface area contributed by atoms with E-state index in [0.29, 0.717) is 12.6 Å². The standard InChI is InChI=1S/C14H22N2O/c1-11-5-3-6-13(9-15)14(11)16-7-4-8-17-12(2)10-16/h3,5-6,12H,4,7-10,15H2,1-2H3. The highest BCUT2D eigenvalue weighted by atomic mass is 16.5. The molecule has 0 saturated carbocycles. The number of nitrogens with two attached hydrogens (primary N) is 1. The summed E-state index contributed by atoms with van der Waals surface area (Å²) in [5, 5.41) is 0. The van der Waals surface area contributed by atoms with E-state index in [0.717, 1.165) is 26.1 Å². The molecule has 1 saturated heterocycles. The lowest BCUT2D eigenvalue weighted by Gasteiger charge is -2.28. The van der Waals surface area contributed by atoms with Crippen LogP contribution >= 0.6 is 0 Å². The predicted molar refractivity (Wildman–Crippen MR) is 71.3 cm³/mol. The van der Waals surface area contributed by atoms with Gasteiger partial charge in [-0.15, -0.1) is 0 Å². The lowest BCUT2D eigenvalue weighted by Crippen LogP contribution is -2.31. The van der Waals surface area contributed by atoms with Crippen molar-refractivity contribution in [3.63, 3.8) is 0 Å². The molecule has 0 spiro atoms. The van der Waals surface area contributed by atoms with Gasteiger partial charge in [0.2, 0.25) is 0 Å². The first kappa shape index (κ1) is 12.4. The topological polar surface area (TPSA) is 38.5 Å². The van der Waals surface area contributed by atoms with Crippen LogP contribution in [0.2, 0.25) is 0 Å². The first-order valence-electron chi connectivity index (χ1n) is 6.37. The van der Waals surface area contributed by atoms with Gasteiger partial charge in [-0.1, -0.05) is 18.2 Å². The van der Waals surface area contributed by atoms with Crippen LogP contribution in [0.25, 0.3) is 0 Å². The van der Waals surface area contributed by atoms with Crippen LogP contribution in [0.1, 0.15) is 24.5 Å². The van der Waals surface area contributed by atoms with Crippen molar-refractivity contribution >= 4 is 5.69 Å². The fourth-order valence-electron chi connectivity index (χ4n) is 2.53. The lowest BCUT2D eigenvalue weighted by molar-refractivity contribution is 0.0821. The van der Waals surface area contributed by atoms with Crippen LogP contribution in [0, 0.1) is 6.92 Å². The van der Waals surface area contributed by atoms with Crippen molar-refractivity contribution in [3.8, 4) is 0 Å². The highest BCUT2D eigenvalue weighted by molar-refractivity contribution is 5.59. The average Bonchev–Trinajstić information content (AvgIpc) is 2.53. The second kappa shape index (κ2) is 5.52. The van der Waals surface area contributed by atoms with E-state index in [4.69, 9.17) is 10.5 Å². The average molecular weight is 234 g/mol. The number of rotatable bonds is 2. The molecule has 3 heteroatoms. The van der Waals surface area contributed by atoms with Crippen molar-refractivity contribution in [1.29, 1.82) is 0 Å². The summed E-state index contributed by atoms with van der Waals surface area (Å²) in [5.74, 6) is 0. The van der Waals surface area contributed by atoms with Crippen molar-refractivity contribution in [2.45, 2.75) is 32.9 Å². The number of hydrogen-bond acceptors (Lipinski definition) is 3. The van der Waals surface area contributed by atoms with Gasteiger partial charge in [-0.2, -0.15) is 0 Å². The summed E-state index contributed by atoms with van der Waals surface area (Å²) in [6.07, 6.45) is 1.38. The van der Waals surface area contributed by atoms with Crippen LogP contribution in [-0.2, 0) is 11.3 Å². The highest BCUT2D eigenvalue weighted by Crippen LogP contribution is 2.26. The fraction of sp³-hybridized carbons (Fsp3) is 0.571. The zero-order valence-corrected chi connectivity index (χ0v) is 10.8. The normalized spacial score (nSPS) is 21.4. The molecule has 0 aliphatic carbocycles. The third-order valence-corrected chi connectivity index (χ3v) is 3.31. The van der Waals surface area contributed by atoms with Crippen LogP contribution in [-0.4, -0.2) is 25.8 Å². The van der Waals surface area contributed by atoms with Crippen LogP contribution in [0.3, 0.4) is 0 Å². The molecule has 0 amide bonds. The van der Waals surface area contributed by atoms with E-state index < -0.39 is 0 Å². The molecule has 2 rings (SSSR count). The fourth-order valence-corrected chi connectivity index (χ4v) is 2.53. The maximum Gasteiger partial charge on any atom is 0.0721 e. The van der Waals surface area contributed by atoms with E-state index in [2.05, 4.69) is 36.9 Å². The summed E-state index contributed by atoms with van der Waals surface area (Å²) >= 11 is 0. The summed E-state index contributed by atoms with van der Waals surface area (Å²) < 4.78 is 5.69. The summed E-state index contributed by atoms with van der Waals surface area (Å²) in [7, 11) is 0. The summed E-state index contributed by atoms with van der Waals surface area (Å²) in [6, 6.07) is 6.36. The zero-order valence-electron chi connectivity index (χ0n) is 10.8. The van der Waals surface area contributed by atoms with E-state index >= 15 is 0 Å². The molecule has 1 aliphatic rings. The van der Waals surface area contributed by atoms with Crippen molar-refractivity contribution in [2.24, 2.45) is 5.73 Å². The van der Waals surface area contributed by atoms with Crippen molar-refractivity contribution in [1.82, 2.24) is 0 Å². The maximum atomic E-state index is 5.84. The molecule has 1 fully saturated rings. The summed E-state index contributed by atoms with van der Waals surface area (Å²) in [5.41, 5.74) is 9.70. The number of nitrogens with zero attached hydrogens (tertiary/aromatic N) is 1. The van der Waals surface area contributed by atoms with Gasteiger partial charge in [0.1, 0.15) is 0 Å². The molecule has 94 valence electrons. The van der Waals surface area contributed by atoms with E-state index in [9.17, 15) is 0 Å². The first-order chi connectivity index (χ1) is 8.22. The van der Waals surface area contributed by atoms with Gasteiger partial charge in [-0.25, -0.2) is 0 Å². The Labute approximate surface area is 104 Å². The number of anilines is 1. The van der Waals surface area contributed by atoms with Gasteiger partial charge in [0.25, 0.3) is 0 Å². The molecule has 1 aromatic carbocycles. The SMILES string of the molecule is Cc1cccc(CN)c1N1CCCOC(C)C1. The smallest absolute Gasteiger partial charge is 0.0721 e. The number of ether oxygens (including phenoxy) is 1. The monoisotopic (exact) mass is 234 g/mol. The second-order valence-electron chi connectivity index (χ2n) is 4.77. The molecule has 2 N–H and O–H groups in total. The molecular weight excluding hydrogens is 212 g/mol. The Bertz CT molecular complexity index is 378. The summed E-state index contributed by atoms with van der Waals surface area (Å²) in [6.45, 7) is 7.77.